The standard InChI is InChI=1S/C20H23NO4/c1-21-5-4-12-8-19(24-2)18(23)10-15(12)16(21)6-13-7-17(22)20(25-3)9-14(13)11-21/h7-10,16H,4-6,11H2,1-3H3,(H-,22,23)/p+1. The molecule has 2 atom stereocenters. The molecule has 5 nitrogen and oxygen atoms in total. The van der Waals surface area contributed by atoms with Crippen LogP contribution in [0.4, 0.5) is 0 Å². The van der Waals surface area contributed by atoms with Crippen LogP contribution in [0.3, 0.4) is 0 Å². The van der Waals surface area contributed by atoms with Gasteiger partial charge in [0.05, 0.1) is 27.8 Å². The summed E-state index contributed by atoms with van der Waals surface area (Å²) in [6, 6.07) is 7.89. The number of likely N-dealkylation sites (N-methyl/N-ethyl adjacent to an activating group) is 1. The van der Waals surface area contributed by atoms with Crippen molar-refractivity contribution in [1.82, 2.24) is 0 Å². The first-order chi connectivity index (χ1) is 11.9. The highest BCUT2D eigenvalue weighted by Gasteiger charge is 2.43. The summed E-state index contributed by atoms with van der Waals surface area (Å²) in [5, 5.41) is 20.4. The molecule has 2 aromatic carbocycles. The van der Waals surface area contributed by atoms with Gasteiger partial charge in [0.25, 0.3) is 0 Å². The fraction of sp³-hybridized carbons (Fsp3) is 0.400. The SMILES string of the molecule is COc1cc2c(cc1O)CC1c3cc(O)c(OC)cc3CC[N+]1(C)C2. The van der Waals surface area contributed by atoms with Crippen molar-refractivity contribution in [2.75, 3.05) is 27.8 Å². The minimum atomic E-state index is 0.186. The van der Waals surface area contributed by atoms with E-state index in [2.05, 4.69) is 7.05 Å². The lowest BCUT2D eigenvalue weighted by Gasteiger charge is -2.49. The summed E-state index contributed by atoms with van der Waals surface area (Å²) in [6.45, 7) is 1.93. The van der Waals surface area contributed by atoms with Gasteiger partial charge in [0, 0.05) is 24.0 Å². The molecule has 0 aliphatic carbocycles. The van der Waals surface area contributed by atoms with Gasteiger partial charge in [-0.3, -0.25) is 0 Å². The normalized spacial score (nSPS) is 24.0. The lowest BCUT2D eigenvalue weighted by Crippen LogP contribution is -2.53. The molecule has 0 saturated heterocycles. The number of nitrogens with zero attached hydrogens (tertiary/aromatic N) is 1. The number of rotatable bonds is 2. The van der Waals surface area contributed by atoms with E-state index in [0.717, 1.165) is 36.0 Å². The molecule has 0 fully saturated rings. The number of hydrogen-bond acceptors (Lipinski definition) is 4. The van der Waals surface area contributed by atoms with Crippen molar-refractivity contribution in [3.63, 3.8) is 0 Å². The van der Waals surface area contributed by atoms with Crippen molar-refractivity contribution in [3.8, 4) is 23.0 Å². The van der Waals surface area contributed by atoms with Crippen LogP contribution >= 0.6 is 0 Å². The van der Waals surface area contributed by atoms with Crippen LogP contribution in [0.25, 0.3) is 0 Å². The maximum Gasteiger partial charge on any atom is 0.160 e. The van der Waals surface area contributed by atoms with Crippen molar-refractivity contribution in [2.45, 2.75) is 25.4 Å². The Morgan fingerprint density at radius 2 is 1.56 bits per heavy atom. The first kappa shape index (κ1) is 16.1. The second-order valence-corrected chi connectivity index (χ2v) is 7.35. The van der Waals surface area contributed by atoms with E-state index in [0.29, 0.717) is 11.5 Å². The lowest BCUT2D eigenvalue weighted by molar-refractivity contribution is -0.956. The van der Waals surface area contributed by atoms with E-state index in [1.807, 2.05) is 24.3 Å². The van der Waals surface area contributed by atoms with E-state index < -0.39 is 0 Å². The summed E-state index contributed by atoms with van der Waals surface area (Å²) < 4.78 is 11.4. The number of aromatic hydroxyl groups is 2. The van der Waals surface area contributed by atoms with Crippen LogP contribution in [-0.2, 0) is 19.4 Å². The van der Waals surface area contributed by atoms with Crippen LogP contribution in [0.2, 0.25) is 0 Å². The summed E-state index contributed by atoms with van der Waals surface area (Å²) >= 11 is 0. The van der Waals surface area contributed by atoms with E-state index >= 15 is 0 Å². The molecule has 2 N–H and O–H groups in total. The zero-order chi connectivity index (χ0) is 17.8. The minimum Gasteiger partial charge on any atom is -0.504 e. The average Bonchev–Trinajstić information content (AvgIpc) is 2.59. The van der Waals surface area contributed by atoms with Gasteiger partial charge in [-0.15, -0.1) is 0 Å². The fourth-order valence-electron chi connectivity index (χ4n) is 4.46. The Kier molecular flexibility index (Phi) is 3.58. The molecule has 132 valence electrons. The van der Waals surface area contributed by atoms with Gasteiger partial charge in [-0.25, -0.2) is 0 Å². The van der Waals surface area contributed by atoms with Gasteiger partial charge in [-0.2, -0.15) is 0 Å². The Bertz CT molecular complexity index is 848. The summed E-state index contributed by atoms with van der Waals surface area (Å²) in [5.74, 6) is 1.45. The van der Waals surface area contributed by atoms with Gasteiger partial charge in [0.15, 0.2) is 23.0 Å². The zero-order valence-electron chi connectivity index (χ0n) is 14.9. The van der Waals surface area contributed by atoms with Crippen molar-refractivity contribution < 1.29 is 24.2 Å². The van der Waals surface area contributed by atoms with Gasteiger partial charge in [0.1, 0.15) is 12.6 Å². The molecular weight excluding hydrogens is 318 g/mol. The van der Waals surface area contributed by atoms with Crippen LogP contribution in [-0.4, -0.2) is 42.5 Å². The quantitative estimate of drug-likeness (QED) is 0.824. The summed E-state index contributed by atoms with van der Waals surface area (Å²) in [6.07, 6.45) is 1.80. The average molecular weight is 342 g/mol. The van der Waals surface area contributed by atoms with Crippen LogP contribution in [0, 0.1) is 0 Å². The molecule has 0 saturated carbocycles. The second kappa shape index (κ2) is 5.56. The molecule has 5 heteroatoms. The first-order valence-corrected chi connectivity index (χ1v) is 8.58. The number of hydrogen-bond donors (Lipinski definition) is 2. The number of phenolic OH excluding ortho intramolecular Hbond substituents is 2. The van der Waals surface area contributed by atoms with Gasteiger partial charge >= 0.3 is 0 Å². The third-order valence-electron chi connectivity index (χ3n) is 5.89. The Hall–Kier alpha value is -2.40. The van der Waals surface area contributed by atoms with Crippen LogP contribution in [0.5, 0.6) is 23.0 Å². The molecule has 0 bridgehead atoms. The second-order valence-electron chi connectivity index (χ2n) is 7.35. The molecule has 2 aliphatic heterocycles. The lowest BCUT2D eigenvalue weighted by atomic mass is 9.81. The zero-order valence-corrected chi connectivity index (χ0v) is 14.9. The van der Waals surface area contributed by atoms with Crippen molar-refractivity contribution >= 4 is 0 Å². The van der Waals surface area contributed by atoms with E-state index in [-0.39, 0.29) is 17.5 Å². The predicted octanol–water partition coefficient (Wildman–Crippen LogP) is 2.92. The van der Waals surface area contributed by atoms with Gasteiger partial charge in [-0.1, -0.05) is 0 Å². The summed E-state index contributed by atoms with van der Waals surface area (Å²) in [5.41, 5.74) is 4.82. The molecule has 2 heterocycles. The minimum absolute atomic E-state index is 0.186. The smallest absolute Gasteiger partial charge is 0.160 e. The molecule has 0 amide bonds. The third kappa shape index (κ3) is 2.42. The molecule has 4 rings (SSSR count). The van der Waals surface area contributed by atoms with Crippen molar-refractivity contribution in [3.05, 3.63) is 46.5 Å². The van der Waals surface area contributed by atoms with Crippen molar-refractivity contribution in [2.24, 2.45) is 0 Å². The number of methoxy groups -OCH3 is 2. The molecular formula is C20H24NO4+. The van der Waals surface area contributed by atoms with Crippen molar-refractivity contribution in [1.29, 1.82) is 0 Å². The Morgan fingerprint density at radius 3 is 2.24 bits per heavy atom. The molecule has 2 unspecified atom stereocenters. The predicted molar refractivity (Wildman–Crippen MR) is 94.2 cm³/mol. The number of benzene rings is 2. The third-order valence-corrected chi connectivity index (χ3v) is 5.89. The Morgan fingerprint density at radius 1 is 0.920 bits per heavy atom. The van der Waals surface area contributed by atoms with E-state index in [1.54, 1.807) is 14.2 Å². The van der Waals surface area contributed by atoms with Gasteiger partial charge < -0.3 is 24.2 Å². The number of phenols is 2. The molecule has 0 spiro atoms. The van der Waals surface area contributed by atoms with Crippen LogP contribution in [0.15, 0.2) is 24.3 Å². The fourth-order valence-corrected chi connectivity index (χ4v) is 4.46. The molecule has 2 aliphatic rings. The molecule has 0 aromatic heterocycles. The first-order valence-electron chi connectivity index (χ1n) is 8.58. The van der Waals surface area contributed by atoms with Gasteiger partial charge in [-0.05, 0) is 35.4 Å². The largest absolute Gasteiger partial charge is 0.504 e. The highest BCUT2D eigenvalue weighted by molar-refractivity contribution is 5.51. The monoisotopic (exact) mass is 342 g/mol. The van der Waals surface area contributed by atoms with E-state index in [9.17, 15) is 10.2 Å². The summed E-state index contributed by atoms with van der Waals surface area (Å²) in [7, 11) is 5.44. The maximum absolute atomic E-state index is 10.3. The van der Waals surface area contributed by atoms with E-state index in [1.165, 1.54) is 16.7 Å². The molecule has 25 heavy (non-hydrogen) atoms. The summed E-state index contributed by atoms with van der Waals surface area (Å²) in [4.78, 5) is 0. The Labute approximate surface area is 147 Å². The molecule has 0 radical (unpaired) electrons. The maximum atomic E-state index is 10.3. The number of quaternary nitrogens is 1. The van der Waals surface area contributed by atoms with Crippen LogP contribution in [0.1, 0.15) is 28.3 Å². The Balaban J connectivity index is 1.81. The number of ether oxygens (including phenoxy) is 2. The molecule has 2 aromatic rings. The highest BCUT2D eigenvalue weighted by Crippen LogP contribution is 2.47. The van der Waals surface area contributed by atoms with Crippen LogP contribution < -0.4 is 9.47 Å². The van der Waals surface area contributed by atoms with Gasteiger partial charge in [0.2, 0.25) is 0 Å². The van der Waals surface area contributed by atoms with E-state index in [4.69, 9.17) is 9.47 Å². The topological polar surface area (TPSA) is 58.9 Å². The number of fused-ring (bicyclic) bond motifs is 4. The highest BCUT2D eigenvalue weighted by atomic mass is 16.5.